The Morgan fingerprint density at radius 1 is 1.05 bits per heavy atom. The summed E-state index contributed by atoms with van der Waals surface area (Å²) >= 11 is 0. The topological polar surface area (TPSA) is 146 Å². The van der Waals surface area contributed by atoms with E-state index in [1.165, 1.54) is 16.5 Å². The average molecular weight is 495 g/mol. The van der Waals surface area contributed by atoms with Crippen molar-refractivity contribution < 1.29 is 14.2 Å². The number of aryl methyl sites for hydroxylation is 1. The molecule has 0 atom stereocenters. The van der Waals surface area contributed by atoms with Gasteiger partial charge in [-0.25, -0.2) is 10.1 Å². The Morgan fingerprint density at radius 2 is 1.81 bits per heavy atom. The van der Waals surface area contributed by atoms with Crippen molar-refractivity contribution in [1.82, 2.24) is 30.7 Å². The molecule has 0 aliphatic heterocycles. The summed E-state index contributed by atoms with van der Waals surface area (Å²) in [5.74, 6) is 0.305. The summed E-state index contributed by atoms with van der Waals surface area (Å²) in [5, 5.41) is 19.5. The first kappa shape index (κ1) is 23.4. The van der Waals surface area contributed by atoms with Crippen LogP contribution in [0.15, 0.2) is 88.6 Å². The summed E-state index contributed by atoms with van der Waals surface area (Å²) < 4.78 is 11.8. The Morgan fingerprint density at radius 3 is 2.51 bits per heavy atom. The van der Waals surface area contributed by atoms with E-state index in [1.54, 1.807) is 12.1 Å². The average Bonchev–Trinajstić information content (AvgIpc) is 3.55. The van der Waals surface area contributed by atoms with Crippen molar-refractivity contribution in [2.75, 3.05) is 5.73 Å². The van der Waals surface area contributed by atoms with Gasteiger partial charge in [0.2, 0.25) is 11.6 Å². The number of hydrazone groups is 1. The molecule has 0 unspecified atom stereocenters. The van der Waals surface area contributed by atoms with Gasteiger partial charge < -0.3 is 10.5 Å². The van der Waals surface area contributed by atoms with E-state index in [0.29, 0.717) is 17.9 Å². The first-order chi connectivity index (χ1) is 18.1. The minimum absolute atomic E-state index is 0.0124. The Kier molecular flexibility index (Phi) is 6.66. The third-order valence-electron chi connectivity index (χ3n) is 5.41. The monoisotopic (exact) mass is 494 g/mol. The second-order valence-corrected chi connectivity index (χ2v) is 8.08. The Hall–Kier alpha value is -5.32. The minimum Gasteiger partial charge on any atom is -0.489 e. The van der Waals surface area contributed by atoms with Gasteiger partial charge in [0.05, 0.1) is 6.21 Å². The van der Waals surface area contributed by atoms with Crippen molar-refractivity contribution in [1.29, 1.82) is 0 Å². The van der Waals surface area contributed by atoms with Crippen LogP contribution in [-0.4, -0.2) is 37.4 Å². The second kappa shape index (κ2) is 10.5. The Labute approximate surface area is 211 Å². The number of anilines is 1. The number of amides is 1. The van der Waals surface area contributed by atoms with E-state index in [1.807, 2.05) is 61.5 Å². The minimum atomic E-state index is -0.561. The van der Waals surface area contributed by atoms with Gasteiger partial charge in [0, 0.05) is 5.56 Å². The molecule has 0 aliphatic rings. The summed E-state index contributed by atoms with van der Waals surface area (Å²) in [6, 6.07) is 24.7. The van der Waals surface area contributed by atoms with Crippen molar-refractivity contribution in [3.05, 3.63) is 101 Å². The van der Waals surface area contributed by atoms with E-state index in [2.05, 4.69) is 47.9 Å². The van der Waals surface area contributed by atoms with Crippen LogP contribution in [0.3, 0.4) is 0 Å². The molecule has 5 aromatic rings. The quantitative estimate of drug-likeness (QED) is 0.246. The lowest BCUT2D eigenvalue weighted by atomic mass is 10.1. The van der Waals surface area contributed by atoms with Crippen molar-refractivity contribution in [3.8, 4) is 22.8 Å². The number of benzene rings is 3. The number of hydrogen-bond acceptors (Lipinski definition) is 9. The third kappa shape index (κ3) is 5.35. The zero-order valence-electron chi connectivity index (χ0n) is 19.8. The molecule has 11 heteroatoms. The molecule has 0 saturated heterocycles. The molecule has 11 nitrogen and oxygen atoms in total. The highest BCUT2D eigenvalue weighted by molar-refractivity contribution is 5.98. The molecular formula is C26H22N8O3. The number of aromatic nitrogens is 5. The van der Waals surface area contributed by atoms with Crippen LogP contribution in [0.5, 0.6) is 5.75 Å². The maximum Gasteiger partial charge on any atom is 0.294 e. The summed E-state index contributed by atoms with van der Waals surface area (Å²) in [6.07, 6.45) is 1.52. The maximum atomic E-state index is 12.9. The fourth-order valence-electron chi connectivity index (χ4n) is 3.50. The Balaban J connectivity index is 1.27. The molecule has 5 rings (SSSR count). The van der Waals surface area contributed by atoms with Gasteiger partial charge in [-0.05, 0) is 52.6 Å². The van der Waals surface area contributed by atoms with Gasteiger partial charge in [0.15, 0.2) is 5.69 Å². The molecular weight excluding hydrogens is 472 g/mol. The van der Waals surface area contributed by atoms with E-state index < -0.39 is 5.91 Å². The predicted octanol–water partition coefficient (Wildman–Crippen LogP) is 3.55. The van der Waals surface area contributed by atoms with Gasteiger partial charge in [-0.3, -0.25) is 4.79 Å². The van der Waals surface area contributed by atoms with Gasteiger partial charge in [-0.2, -0.15) is 9.78 Å². The highest BCUT2D eigenvalue weighted by atomic mass is 16.6. The smallest absolute Gasteiger partial charge is 0.294 e. The summed E-state index contributed by atoms with van der Waals surface area (Å²) in [7, 11) is 0. The highest BCUT2D eigenvalue weighted by Crippen LogP contribution is 2.26. The number of rotatable bonds is 8. The van der Waals surface area contributed by atoms with Gasteiger partial charge in [-0.15, -0.1) is 5.10 Å². The van der Waals surface area contributed by atoms with E-state index in [-0.39, 0.29) is 17.3 Å². The lowest BCUT2D eigenvalue weighted by molar-refractivity contribution is 0.0950. The van der Waals surface area contributed by atoms with Crippen molar-refractivity contribution >= 4 is 17.9 Å². The van der Waals surface area contributed by atoms with E-state index in [4.69, 9.17) is 10.5 Å². The molecule has 0 aliphatic carbocycles. The third-order valence-corrected chi connectivity index (χ3v) is 5.41. The molecule has 0 radical (unpaired) electrons. The number of ether oxygens (including phenoxy) is 1. The van der Waals surface area contributed by atoms with Crippen molar-refractivity contribution in [3.63, 3.8) is 0 Å². The molecule has 0 fully saturated rings. The summed E-state index contributed by atoms with van der Waals surface area (Å²) in [4.78, 5) is 12.9. The standard InChI is InChI=1S/C26H22N8O3/c1-17-7-9-19(10-8-17)16-36-21-13-11-18(12-14-21)15-28-30-26(35)22-23(20-5-3-2-4-6-20)34(33-29-22)25-24(27)31-37-32-25/h2-15H,16H2,1H3,(H2,27,31)(H,30,35)/b28-15+. The van der Waals surface area contributed by atoms with Crippen LogP contribution in [0, 0.1) is 6.92 Å². The molecule has 0 saturated carbocycles. The molecule has 0 bridgehead atoms. The Bertz CT molecular complexity index is 1520. The number of carbonyl (C=O) groups is 1. The van der Waals surface area contributed by atoms with E-state index in [9.17, 15) is 4.79 Å². The van der Waals surface area contributed by atoms with E-state index in [0.717, 1.165) is 16.9 Å². The lowest BCUT2D eigenvalue weighted by Gasteiger charge is -2.07. The van der Waals surface area contributed by atoms with Crippen LogP contribution >= 0.6 is 0 Å². The van der Waals surface area contributed by atoms with Crippen LogP contribution < -0.4 is 15.9 Å². The SMILES string of the molecule is Cc1ccc(COc2ccc(/C=N/NC(=O)c3nnn(-c4nonc4N)c3-c3ccccc3)cc2)cc1. The van der Waals surface area contributed by atoms with Crippen LogP contribution in [-0.2, 0) is 6.61 Å². The van der Waals surface area contributed by atoms with E-state index >= 15 is 0 Å². The van der Waals surface area contributed by atoms with Crippen LogP contribution in [0.4, 0.5) is 5.82 Å². The lowest BCUT2D eigenvalue weighted by Crippen LogP contribution is -2.19. The molecule has 3 N–H and O–H groups in total. The first-order valence-electron chi connectivity index (χ1n) is 11.3. The number of nitrogen functional groups attached to an aromatic ring is 1. The molecule has 2 heterocycles. The summed E-state index contributed by atoms with van der Waals surface area (Å²) in [6.45, 7) is 2.52. The second-order valence-electron chi connectivity index (χ2n) is 8.08. The normalized spacial score (nSPS) is 11.1. The molecule has 1 amide bonds. The van der Waals surface area contributed by atoms with Crippen LogP contribution in [0.1, 0.15) is 27.2 Å². The van der Waals surface area contributed by atoms with Gasteiger partial charge >= 0.3 is 0 Å². The zero-order chi connectivity index (χ0) is 25.6. The fraction of sp³-hybridized carbons (Fsp3) is 0.0769. The number of hydrogen-bond donors (Lipinski definition) is 2. The highest BCUT2D eigenvalue weighted by Gasteiger charge is 2.24. The van der Waals surface area contributed by atoms with Crippen LogP contribution in [0.25, 0.3) is 17.1 Å². The largest absolute Gasteiger partial charge is 0.489 e. The summed E-state index contributed by atoms with van der Waals surface area (Å²) in [5.41, 5.74) is 12.5. The van der Waals surface area contributed by atoms with Gasteiger partial charge in [0.25, 0.3) is 5.91 Å². The number of nitrogens with zero attached hydrogens (tertiary/aromatic N) is 6. The maximum absolute atomic E-state index is 12.9. The van der Waals surface area contributed by atoms with Crippen LogP contribution in [0.2, 0.25) is 0 Å². The van der Waals surface area contributed by atoms with Crippen molar-refractivity contribution in [2.45, 2.75) is 13.5 Å². The zero-order valence-corrected chi connectivity index (χ0v) is 19.8. The molecule has 0 spiro atoms. The van der Waals surface area contributed by atoms with Crippen molar-refractivity contribution in [2.24, 2.45) is 5.10 Å². The molecule has 2 aromatic heterocycles. The molecule has 37 heavy (non-hydrogen) atoms. The number of nitrogens with two attached hydrogens (primary N) is 1. The number of carbonyl (C=O) groups excluding carboxylic acids is 1. The fourth-order valence-corrected chi connectivity index (χ4v) is 3.50. The molecule has 3 aromatic carbocycles. The number of nitrogens with one attached hydrogen (secondary N) is 1. The predicted molar refractivity (Wildman–Crippen MR) is 136 cm³/mol. The van der Waals surface area contributed by atoms with Gasteiger partial charge in [0.1, 0.15) is 18.1 Å². The first-order valence-corrected chi connectivity index (χ1v) is 11.3. The van der Waals surface area contributed by atoms with Gasteiger partial charge in [-0.1, -0.05) is 65.4 Å². The molecule has 184 valence electrons.